The van der Waals surface area contributed by atoms with Gasteiger partial charge in [-0.25, -0.2) is 8.78 Å². The average molecular weight is 737 g/mol. The van der Waals surface area contributed by atoms with Crippen molar-refractivity contribution in [3.05, 3.63) is 130 Å². The number of aromatic hydroxyl groups is 1. The van der Waals surface area contributed by atoms with E-state index in [1.54, 1.807) is 35.2 Å². The largest absolute Gasteiger partial charge is 1.00 e. The van der Waals surface area contributed by atoms with Crippen LogP contribution in [0.25, 0.3) is 0 Å². The molecule has 8 nitrogen and oxygen atoms in total. The Hall–Kier alpha value is -4.38. The molecule has 53 heavy (non-hydrogen) atoms. The van der Waals surface area contributed by atoms with Gasteiger partial charge in [-0.1, -0.05) is 31.7 Å². The number of likely N-dealkylation sites (tertiary alicyclic amines) is 2. The van der Waals surface area contributed by atoms with Crippen LogP contribution >= 0.6 is 0 Å². The second kappa shape index (κ2) is 20.8. The summed E-state index contributed by atoms with van der Waals surface area (Å²) in [5.41, 5.74) is 3.64. The van der Waals surface area contributed by atoms with E-state index in [4.69, 9.17) is 4.74 Å². The molecule has 2 amide bonds. The van der Waals surface area contributed by atoms with Gasteiger partial charge in [0.05, 0.1) is 18.2 Å². The van der Waals surface area contributed by atoms with Gasteiger partial charge >= 0.3 is 29.6 Å². The maximum Gasteiger partial charge on any atom is 1.00 e. The quantitative estimate of drug-likeness (QED) is 0.193. The van der Waals surface area contributed by atoms with Crippen molar-refractivity contribution in [3.63, 3.8) is 0 Å². The van der Waals surface area contributed by atoms with Crippen LogP contribution < -0.4 is 34.3 Å². The monoisotopic (exact) mass is 736 g/mol. The van der Waals surface area contributed by atoms with E-state index in [0.717, 1.165) is 55.9 Å². The number of ether oxygens (including phenoxy) is 1. The van der Waals surface area contributed by atoms with Crippen molar-refractivity contribution in [2.75, 3.05) is 33.3 Å². The van der Waals surface area contributed by atoms with Crippen molar-refractivity contribution in [2.24, 2.45) is 11.8 Å². The summed E-state index contributed by atoms with van der Waals surface area (Å²) in [5.74, 6) is 0.490. The smallest absolute Gasteiger partial charge is 1.00 e. The van der Waals surface area contributed by atoms with E-state index in [0.29, 0.717) is 66.7 Å². The zero-order chi connectivity index (χ0) is 36.3. The minimum Gasteiger partial charge on any atom is -1.00 e. The van der Waals surface area contributed by atoms with E-state index in [1.807, 2.05) is 17.0 Å². The Morgan fingerprint density at radius 2 is 1.09 bits per heavy atom. The molecule has 0 saturated carbocycles. The number of hydrogen-bond donors (Lipinski definition) is 1. The molecular formula is C42H47F2N2NaO6. The zero-order valence-electron chi connectivity index (χ0n) is 30.6. The Morgan fingerprint density at radius 3 is 1.51 bits per heavy atom. The van der Waals surface area contributed by atoms with Crippen LogP contribution in [0.2, 0.25) is 0 Å². The van der Waals surface area contributed by atoms with Gasteiger partial charge in [0.2, 0.25) is 0 Å². The van der Waals surface area contributed by atoms with Crippen molar-refractivity contribution >= 4 is 24.4 Å². The third-order valence-electron chi connectivity index (χ3n) is 9.66. The van der Waals surface area contributed by atoms with Crippen molar-refractivity contribution in [2.45, 2.75) is 46.0 Å². The number of piperidine rings is 2. The molecule has 0 bridgehead atoms. The molecule has 4 aromatic carbocycles. The Kier molecular flexibility index (Phi) is 16.8. The second-order valence-corrected chi connectivity index (χ2v) is 13.1. The van der Waals surface area contributed by atoms with E-state index in [9.17, 15) is 33.1 Å². The van der Waals surface area contributed by atoms with E-state index in [2.05, 4.69) is 0 Å². The van der Waals surface area contributed by atoms with Crippen LogP contribution in [0.5, 0.6) is 11.5 Å². The van der Waals surface area contributed by atoms with Crippen molar-refractivity contribution in [1.82, 2.24) is 9.80 Å². The fourth-order valence-corrected chi connectivity index (χ4v) is 6.69. The number of phenols is 1. The molecule has 1 N–H and O–H groups in total. The van der Waals surface area contributed by atoms with Gasteiger partial charge in [-0.15, -0.1) is 0 Å². The molecule has 0 unspecified atom stereocenters. The Morgan fingerprint density at radius 1 is 0.698 bits per heavy atom. The summed E-state index contributed by atoms with van der Waals surface area (Å²) in [5, 5.41) is 9.91. The molecule has 2 heterocycles. The number of nitrogens with zero attached hydrogens (tertiary/aromatic N) is 2. The van der Waals surface area contributed by atoms with Crippen molar-refractivity contribution in [1.29, 1.82) is 0 Å². The Bertz CT molecular complexity index is 1830. The van der Waals surface area contributed by atoms with Crippen LogP contribution in [0.3, 0.4) is 0 Å². The number of methoxy groups -OCH3 is 1. The Labute approximate surface area is 333 Å². The molecule has 6 rings (SSSR count). The molecule has 0 radical (unpaired) electrons. The van der Waals surface area contributed by atoms with Crippen molar-refractivity contribution in [3.8, 4) is 11.5 Å². The second-order valence-electron chi connectivity index (χ2n) is 13.1. The number of carbonyl (C=O) groups is 4. The van der Waals surface area contributed by atoms with Crippen molar-refractivity contribution < 1.29 is 68.8 Å². The number of phenolic OH excluding ortho intramolecular Hbond substituents is 1. The predicted molar refractivity (Wildman–Crippen MR) is 197 cm³/mol. The summed E-state index contributed by atoms with van der Waals surface area (Å²) < 4.78 is 31.2. The number of benzene rings is 4. The third kappa shape index (κ3) is 11.8. The first-order valence-electron chi connectivity index (χ1n) is 17.2. The Balaban J connectivity index is 0.000000354. The van der Waals surface area contributed by atoms with Crippen LogP contribution in [-0.4, -0.2) is 72.6 Å². The summed E-state index contributed by atoms with van der Waals surface area (Å²) in [6, 6.07) is 22.3. The van der Waals surface area contributed by atoms with E-state index < -0.39 is 0 Å². The summed E-state index contributed by atoms with van der Waals surface area (Å²) in [7, 11) is 1.52. The third-order valence-corrected chi connectivity index (χ3v) is 9.66. The van der Waals surface area contributed by atoms with Gasteiger partial charge in [0.25, 0.3) is 11.8 Å². The number of rotatable bonds is 9. The van der Waals surface area contributed by atoms with Crippen LogP contribution in [0, 0.1) is 23.5 Å². The molecule has 11 heteroatoms. The fraction of sp³-hybridized carbons (Fsp3) is 0.333. The van der Waals surface area contributed by atoms with Gasteiger partial charge < -0.3 is 21.1 Å². The first-order valence-corrected chi connectivity index (χ1v) is 17.2. The van der Waals surface area contributed by atoms with Gasteiger partial charge in [0.15, 0.2) is 0 Å². The van der Waals surface area contributed by atoms with Gasteiger partial charge in [-0.3, -0.25) is 19.2 Å². The first kappa shape index (κ1) is 43.0. The minimum atomic E-state index is -0.249. The fourth-order valence-electron chi connectivity index (χ4n) is 6.69. The standard InChI is InChI=1S/C21H22FNO3.C20H20FNO3.CH4.Na.H/c1-26-20-7-4-17(14-24)13-19(20)21(25)23-10-8-16(9-11-23)12-15-2-5-18(22)6-3-15;21-17-4-1-14(2-5-17)11-15-7-9-22(10-8-15)20(25)18-12-16(13-23)3-6-19(18)24;;;/h2-7,13-14,16H,8-12H2,1H3;1-6,12-13,15,24H,7-11H2;1H4;;/q;;;+1;-1. The number of hydrogen-bond acceptors (Lipinski definition) is 6. The van der Waals surface area contributed by atoms with Gasteiger partial charge in [0, 0.05) is 37.3 Å². The molecule has 276 valence electrons. The zero-order valence-corrected chi connectivity index (χ0v) is 31.6. The molecule has 0 spiro atoms. The summed E-state index contributed by atoms with van der Waals surface area (Å²) in [4.78, 5) is 50.8. The minimum absolute atomic E-state index is 0. The molecular weight excluding hydrogens is 689 g/mol. The predicted octanol–water partition coefficient (Wildman–Crippen LogP) is 4.93. The number of halogens is 2. The average Bonchev–Trinajstić information content (AvgIpc) is 3.17. The van der Waals surface area contributed by atoms with Gasteiger partial charge in [-0.2, -0.15) is 0 Å². The maximum absolute atomic E-state index is 13.0. The topological polar surface area (TPSA) is 104 Å². The molecule has 2 aliphatic rings. The van der Waals surface area contributed by atoms with Crippen LogP contribution in [0.1, 0.15) is 87.1 Å². The van der Waals surface area contributed by atoms with Gasteiger partial charge in [-0.05, 0) is 122 Å². The SMILES string of the molecule is C.COc1ccc(C=O)cc1C(=O)N1CCC(Cc2ccc(F)cc2)CC1.O=Cc1ccc(O)c(C(=O)N2CCC(Cc3ccc(F)cc3)CC2)c1.[H-].[Na+]. The molecule has 0 atom stereocenters. The van der Waals surface area contributed by atoms with Crippen LogP contribution in [0.4, 0.5) is 8.78 Å². The number of aldehydes is 2. The normalized spacial score (nSPS) is 14.5. The summed E-state index contributed by atoms with van der Waals surface area (Å²) in [6.07, 6.45) is 6.67. The molecule has 0 aromatic heterocycles. The summed E-state index contributed by atoms with van der Waals surface area (Å²) in [6.45, 7) is 2.54. The first-order chi connectivity index (χ1) is 24.7. The number of amides is 2. The van der Waals surface area contributed by atoms with E-state index >= 15 is 0 Å². The molecule has 0 aliphatic carbocycles. The molecule has 2 aliphatic heterocycles. The van der Waals surface area contributed by atoms with E-state index in [-0.39, 0.29) is 73.2 Å². The summed E-state index contributed by atoms with van der Waals surface area (Å²) >= 11 is 0. The number of carbonyl (C=O) groups excluding carboxylic acids is 4. The van der Waals surface area contributed by atoms with Crippen LogP contribution in [0.15, 0.2) is 84.9 Å². The maximum atomic E-state index is 13.0. The molecule has 2 fully saturated rings. The van der Waals surface area contributed by atoms with E-state index in [1.165, 1.54) is 49.6 Å². The molecule has 4 aromatic rings. The van der Waals surface area contributed by atoms with Crippen LogP contribution in [-0.2, 0) is 12.8 Å². The molecule has 2 saturated heterocycles. The van der Waals surface area contributed by atoms with Gasteiger partial charge in [0.1, 0.15) is 35.7 Å².